The lowest BCUT2D eigenvalue weighted by molar-refractivity contribution is -0.135. The van der Waals surface area contributed by atoms with Crippen LogP contribution in [0.5, 0.6) is 5.75 Å². The molecular formula is C16H13FO6. The van der Waals surface area contributed by atoms with Crippen molar-refractivity contribution in [2.24, 2.45) is 0 Å². The third kappa shape index (κ3) is 3.97. The monoisotopic (exact) mass is 320 g/mol. The minimum atomic E-state index is -1.61. The molecule has 0 aliphatic heterocycles. The van der Waals surface area contributed by atoms with E-state index in [1.54, 1.807) is 0 Å². The number of carbonyl (C=O) groups excluding carboxylic acids is 1. The molecule has 2 N–H and O–H groups in total. The minimum absolute atomic E-state index is 0.117. The van der Waals surface area contributed by atoms with Gasteiger partial charge in [0.05, 0.1) is 7.11 Å². The molecule has 6 nitrogen and oxygen atoms in total. The first-order chi connectivity index (χ1) is 10.9. The number of carboxylic acids is 1. The van der Waals surface area contributed by atoms with E-state index in [1.807, 2.05) is 0 Å². The van der Waals surface area contributed by atoms with Crippen LogP contribution in [0.2, 0.25) is 0 Å². The maximum atomic E-state index is 13.1. The Balaban J connectivity index is 2.19. The molecule has 0 unspecified atom stereocenters. The van der Waals surface area contributed by atoms with Crippen molar-refractivity contribution in [2.45, 2.75) is 6.42 Å². The normalized spacial score (nSPS) is 11.3. The largest absolute Gasteiger partial charge is 0.502 e. The molecule has 1 aromatic heterocycles. The summed E-state index contributed by atoms with van der Waals surface area (Å²) in [6.45, 7) is 0. The number of furan rings is 1. The molecular weight excluding hydrogens is 307 g/mol. The average Bonchev–Trinajstić information content (AvgIpc) is 2.97. The summed E-state index contributed by atoms with van der Waals surface area (Å²) in [6.07, 6.45) is 0.814. The van der Waals surface area contributed by atoms with Crippen LogP contribution in [0.3, 0.4) is 0 Å². The number of carboxylic acid groups (broad SMARTS) is 1. The summed E-state index contributed by atoms with van der Waals surface area (Å²) in [5.41, 5.74) is 0.658. The molecule has 0 radical (unpaired) electrons. The number of methoxy groups -OCH3 is 1. The number of allylic oxidation sites excluding steroid dienone is 1. The molecule has 1 heterocycles. The highest BCUT2D eigenvalue weighted by atomic mass is 19.1. The van der Waals surface area contributed by atoms with Crippen LogP contribution in [0.4, 0.5) is 4.39 Å². The Morgan fingerprint density at radius 3 is 2.65 bits per heavy atom. The molecule has 0 fully saturated rings. The van der Waals surface area contributed by atoms with Gasteiger partial charge in [0.2, 0.25) is 11.5 Å². The quantitative estimate of drug-likeness (QED) is 0.482. The van der Waals surface area contributed by atoms with Crippen LogP contribution in [-0.2, 0) is 11.2 Å². The number of aliphatic carboxylic acids is 1. The molecule has 0 saturated carbocycles. The average molecular weight is 320 g/mol. The summed E-state index contributed by atoms with van der Waals surface area (Å²) in [7, 11) is 1.41. The fraction of sp³-hybridized carbons (Fsp3) is 0.125. The predicted octanol–water partition coefficient (Wildman–Crippen LogP) is 2.73. The summed E-state index contributed by atoms with van der Waals surface area (Å²) in [5, 5.41) is 17.6. The number of hydrogen-bond donors (Lipinski definition) is 2. The van der Waals surface area contributed by atoms with Gasteiger partial charge in [-0.3, -0.25) is 4.79 Å². The molecule has 1 aromatic carbocycles. The summed E-state index contributed by atoms with van der Waals surface area (Å²) < 4.78 is 23.5. The fourth-order valence-corrected chi connectivity index (χ4v) is 1.91. The maximum absolute atomic E-state index is 13.1. The molecule has 23 heavy (non-hydrogen) atoms. The van der Waals surface area contributed by atoms with E-state index in [2.05, 4.69) is 0 Å². The Bertz CT molecular complexity index is 775. The van der Waals surface area contributed by atoms with Crippen molar-refractivity contribution in [1.82, 2.24) is 0 Å². The van der Waals surface area contributed by atoms with Crippen molar-refractivity contribution < 1.29 is 33.3 Å². The zero-order chi connectivity index (χ0) is 17.0. The Labute approximate surface area is 130 Å². The van der Waals surface area contributed by atoms with Crippen molar-refractivity contribution in [1.29, 1.82) is 0 Å². The van der Waals surface area contributed by atoms with Crippen LogP contribution in [0.25, 0.3) is 0 Å². The zero-order valence-electron chi connectivity index (χ0n) is 12.1. The highest BCUT2D eigenvalue weighted by molar-refractivity contribution is 6.06. The molecule has 7 heteroatoms. The number of hydrogen-bond acceptors (Lipinski definition) is 5. The van der Waals surface area contributed by atoms with Crippen molar-refractivity contribution >= 4 is 11.8 Å². The third-order valence-corrected chi connectivity index (χ3v) is 3.01. The number of carbonyl (C=O) groups is 2. The lowest BCUT2D eigenvalue weighted by atomic mass is 10.1. The van der Waals surface area contributed by atoms with Crippen molar-refractivity contribution in [2.75, 3.05) is 7.11 Å². The van der Waals surface area contributed by atoms with Gasteiger partial charge in [-0.2, -0.15) is 0 Å². The van der Waals surface area contributed by atoms with Crippen LogP contribution in [0.15, 0.2) is 46.6 Å². The first-order valence-corrected chi connectivity index (χ1v) is 6.50. The van der Waals surface area contributed by atoms with Crippen LogP contribution in [0, 0.1) is 5.82 Å². The zero-order valence-corrected chi connectivity index (χ0v) is 12.1. The molecule has 0 aliphatic carbocycles. The number of ether oxygens (including phenoxy) is 1. The Hall–Kier alpha value is -3.09. The Kier molecular flexibility index (Phi) is 4.80. The maximum Gasteiger partial charge on any atom is 0.371 e. The summed E-state index contributed by atoms with van der Waals surface area (Å²) in [4.78, 5) is 22.2. The molecule has 2 rings (SSSR count). The second-order valence-electron chi connectivity index (χ2n) is 4.60. The van der Waals surface area contributed by atoms with E-state index in [-0.39, 0.29) is 12.2 Å². The van der Waals surface area contributed by atoms with Crippen molar-refractivity contribution in [3.8, 4) is 5.75 Å². The SMILES string of the molecule is COc1cc(F)ccc1Cc1ccc(C(=O)C=C(O)C(=O)O)o1. The van der Waals surface area contributed by atoms with Crippen LogP contribution in [0.1, 0.15) is 21.9 Å². The first kappa shape index (κ1) is 16.3. The second kappa shape index (κ2) is 6.78. The van der Waals surface area contributed by atoms with E-state index < -0.39 is 23.3 Å². The summed E-state index contributed by atoms with van der Waals surface area (Å²) >= 11 is 0. The van der Waals surface area contributed by atoms with Crippen molar-refractivity contribution in [3.05, 3.63) is 65.1 Å². The summed E-state index contributed by atoms with van der Waals surface area (Å²) in [6, 6.07) is 6.94. The number of rotatable bonds is 6. The number of benzene rings is 1. The van der Waals surface area contributed by atoms with Gasteiger partial charge >= 0.3 is 5.97 Å². The Morgan fingerprint density at radius 1 is 1.26 bits per heavy atom. The van der Waals surface area contributed by atoms with E-state index in [0.717, 1.165) is 0 Å². The van der Waals surface area contributed by atoms with Gasteiger partial charge in [-0.05, 0) is 18.2 Å². The van der Waals surface area contributed by atoms with Gasteiger partial charge in [-0.25, -0.2) is 9.18 Å². The van der Waals surface area contributed by atoms with E-state index in [0.29, 0.717) is 23.1 Å². The number of aliphatic hydroxyl groups excluding tert-OH is 1. The van der Waals surface area contributed by atoms with Gasteiger partial charge in [0.1, 0.15) is 17.3 Å². The lowest BCUT2D eigenvalue weighted by Gasteiger charge is -2.06. The van der Waals surface area contributed by atoms with E-state index in [9.17, 15) is 14.0 Å². The third-order valence-electron chi connectivity index (χ3n) is 3.01. The van der Waals surface area contributed by atoms with Gasteiger partial charge in [0, 0.05) is 24.1 Å². The molecule has 0 amide bonds. The summed E-state index contributed by atoms with van der Waals surface area (Å²) in [5.74, 6) is -3.26. The van der Waals surface area contributed by atoms with Gasteiger partial charge in [-0.15, -0.1) is 0 Å². The van der Waals surface area contributed by atoms with E-state index in [1.165, 1.54) is 37.4 Å². The number of halogens is 1. The van der Waals surface area contributed by atoms with E-state index >= 15 is 0 Å². The highest BCUT2D eigenvalue weighted by Crippen LogP contribution is 2.23. The second-order valence-corrected chi connectivity index (χ2v) is 4.60. The number of aliphatic hydroxyl groups is 1. The van der Waals surface area contributed by atoms with Gasteiger partial charge in [0.25, 0.3) is 0 Å². The molecule has 0 saturated heterocycles. The standard InChI is InChI=1S/C16H13FO6/c1-22-15-7-10(17)3-2-9(15)6-11-4-5-14(23-11)12(18)8-13(19)16(20)21/h2-5,7-8,19H,6H2,1H3,(H,20,21). The molecule has 2 aromatic rings. The lowest BCUT2D eigenvalue weighted by Crippen LogP contribution is -2.03. The van der Waals surface area contributed by atoms with Crippen LogP contribution in [-0.4, -0.2) is 29.1 Å². The van der Waals surface area contributed by atoms with E-state index in [4.69, 9.17) is 19.4 Å². The van der Waals surface area contributed by atoms with Crippen LogP contribution >= 0.6 is 0 Å². The Morgan fingerprint density at radius 2 is 2.00 bits per heavy atom. The topological polar surface area (TPSA) is 97.0 Å². The fourth-order valence-electron chi connectivity index (χ4n) is 1.91. The highest BCUT2D eigenvalue weighted by Gasteiger charge is 2.14. The van der Waals surface area contributed by atoms with Crippen LogP contribution < -0.4 is 4.74 Å². The van der Waals surface area contributed by atoms with Gasteiger partial charge in [-0.1, -0.05) is 6.07 Å². The number of ketones is 1. The molecule has 0 bridgehead atoms. The predicted molar refractivity (Wildman–Crippen MR) is 77.1 cm³/mol. The van der Waals surface area contributed by atoms with Crippen molar-refractivity contribution in [3.63, 3.8) is 0 Å². The molecule has 120 valence electrons. The molecule has 0 aliphatic rings. The molecule has 0 atom stereocenters. The minimum Gasteiger partial charge on any atom is -0.502 e. The molecule has 0 spiro atoms. The first-order valence-electron chi connectivity index (χ1n) is 6.50. The smallest absolute Gasteiger partial charge is 0.371 e. The van der Waals surface area contributed by atoms with Gasteiger partial charge < -0.3 is 19.4 Å². The van der Waals surface area contributed by atoms with Gasteiger partial charge in [0.15, 0.2) is 5.76 Å².